The number of nitrogen functional groups attached to an aromatic ring is 1. The molecule has 0 radical (unpaired) electrons. The molecule has 0 spiro atoms. The molecule has 0 bridgehead atoms. The van der Waals surface area contributed by atoms with Crippen molar-refractivity contribution in [1.82, 2.24) is 9.97 Å². The number of aromatic nitrogens is 2. The number of nitrogens with two attached hydrogens (primary N) is 1. The first-order chi connectivity index (χ1) is 9.10. The highest BCUT2D eigenvalue weighted by Gasteiger charge is 2.11. The quantitative estimate of drug-likeness (QED) is 0.588. The molecule has 0 aliphatic heterocycles. The fourth-order valence-electron chi connectivity index (χ4n) is 1.32. The summed E-state index contributed by atoms with van der Waals surface area (Å²) in [5, 5.41) is 3.19. The van der Waals surface area contributed by atoms with Crippen molar-refractivity contribution in [3.8, 4) is 0 Å². The van der Waals surface area contributed by atoms with E-state index in [9.17, 15) is 4.79 Å². The van der Waals surface area contributed by atoms with E-state index in [1.54, 1.807) is 18.2 Å². The molecule has 4 N–H and O–H groups in total. The SMILES string of the molecule is NNc1cncc(C(=O)Nc2cc(Cl)ccc2Br)n1. The van der Waals surface area contributed by atoms with E-state index in [-0.39, 0.29) is 5.69 Å². The van der Waals surface area contributed by atoms with Gasteiger partial charge in [0.25, 0.3) is 5.91 Å². The lowest BCUT2D eigenvalue weighted by molar-refractivity contribution is 0.102. The van der Waals surface area contributed by atoms with Crippen LogP contribution in [0.15, 0.2) is 35.1 Å². The molecule has 19 heavy (non-hydrogen) atoms. The van der Waals surface area contributed by atoms with Crippen molar-refractivity contribution in [3.63, 3.8) is 0 Å². The molecule has 1 aromatic carbocycles. The van der Waals surface area contributed by atoms with Gasteiger partial charge < -0.3 is 10.7 Å². The molecule has 0 saturated heterocycles. The van der Waals surface area contributed by atoms with E-state index in [0.29, 0.717) is 21.0 Å². The van der Waals surface area contributed by atoms with E-state index < -0.39 is 5.91 Å². The van der Waals surface area contributed by atoms with Crippen LogP contribution in [0.5, 0.6) is 0 Å². The Morgan fingerprint density at radius 3 is 2.89 bits per heavy atom. The minimum Gasteiger partial charge on any atom is -0.320 e. The van der Waals surface area contributed by atoms with Crippen molar-refractivity contribution in [2.24, 2.45) is 5.84 Å². The van der Waals surface area contributed by atoms with Gasteiger partial charge in [0.2, 0.25) is 0 Å². The summed E-state index contributed by atoms with van der Waals surface area (Å²) in [6.45, 7) is 0. The van der Waals surface area contributed by atoms with Crippen LogP contribution in [-0.2, 0) is 0 Å². The minimum absolute atomic E-state index is 0.141. The third-order valence-electron chi connectivity index (χ3n) is 2.19. The number of halogens is 2. The molecule has 0 aliphatic rings. The van der Waals surface area contributed by atoms with Crippen LogP contribution < -0.4 is 16.6 Å². The Bertz CT molecular complexity index is 622. The van der Waals surface area contributed by atoms with Crippen LogP contribution in [0.3, 0.4) is 0 Å². The van der Waals surface area contributed by atoms with Crippen LogP contribution >= 0.6 is 27.5 Å². The minimum atomic E-state index is -0.410. The standard InChI is InChI=1S/C11H9BrClN5O/c12-7-2-1-6(13)3-8(7)17-11(19)9-4-15-5-10(16-9)18-14/h1-5H,14H2,(H,16,18)(H,17,19). The predicted molar refractivity (Wildman–Crippen MR) is 76.9 cm³/mol. The van der Waals surface area contributed by atoms with Gasteiger partial charge in [-0.3, -0.25) is 9.78 Å². The average Bonchev–Trinajstić information content (AvgIpc) is 2.43. The first-order valence-electron chi connectivity index (χ1n) is 5.15. The van der Waals surface area contributed by atoms with Gasteiger partial charge >= 0.3 is 0 Å². The van der Waals surface area contributed by atoms with Crippen LogP contribution in [0, 0.1) is 0 Å². The summed E-state index contributed by atoms with van der Waals surface area (Å²) in [7, 11) is 0. The maximum Gasteiger partial charge on any atom is 0.275 e. The lowest BCUT2D eigenvalue weighted by Gasteiger charge is -2.07. The summed E-state index contributed by atoms with van der Waals surface area (Å²) in [5.74, 6) is 5.10. The Labute approximate surface area is 122 Å². The van der Waals surface area contributed by atoms with Crippen LogP contribution in [0.1, 0.15) is 10.5 Å². The zero-order valence-corrected chi connectivity index (χ0v) is 11.9. The van der Waals surface area contributed by atoms with Crippen LogP contribution in [0.4, 0.5) is 11.5 Å². The highest BCUT2D eigenvalue weighted by atomic mass is 79.9. The number of hydrogen-bond acceptors (Lipinski definition) is 5. The fourth-order valence-corrected chi connectivity index (χ4v) is 1.84. The highest BCUT2D eigenvalue weighted by Crippen LogP contribution is 2.26. The second-order valence-electron chi connectivity index (χ2n) is 3.51. The number of hydrogen-bond donors (Lipinski definition) is 3. The van der Waals surface area contributed by atoms with E-state index in [1.807, 2.05) is 0 Å². The Morgan fingerprint density at radius 2 is 2.16 bits per heavy atom. The summed E-state index contributed by atoms with van der Waals surface area (Å²) < 4.78 is 0.714. The van der Waals surface area contributed by atoms with Gasteiger partial charge in [0.05, 0.1) is 18.1 Å². The number of nitrogens with zero attached hydrogens (tertiary/aromatic N) is 2. The Balaban J connectivity index is 2.22. The second-order valence-corrected chi connectivity index (χ2v) is 4.80. The topological polar surface area (TPSA) is 92.9 Å². The summed E-state index contributed by atoms with van der Waals surface area (Å²) in [4.78, 5) is 19.8. The van der Waals surface area contributed by atoms with E-state index >= 15 is 0 Å². The van der Waals surface area contributed by atoms with Crippen molar-refractivity contribution in [3.05, 3.63) is 45.8 Å². The fraction of sp³-hybridized carbons (Fsp3) is 0. The summed E-state index contributed by atoms with van der Waals surface area (Å²) >= 11 is 9.19. The largest absolute Gasteiger partial charge is 0.320 e. The number of amides is 1. The molecule has 0 atom stereocenters. The van der Waals surface area contributed by atoms with Gasteiger partial charge in [0, 0.05) is 9.50 Å². The van der Waals surface area contributed by atoms with E-state index in [0.717, 1.165) is 0 Å². The lowest BCUT2D eigenvalue weighted by Crippen LogP contribution is -2.17. The molecule has 0 unspecified atom stereocenters. The highest BCUT2D eigenvalue weighted by molar-refractivity contribution is 9.10. The van der Waals surface area contributed by atoms with Crippen LogP contribution in [0.2, 0.25) is 5.02 Å². The number of hydrazine groups is 1. The van der Waals surface area contributed by atoms with Crippen molar-refractivity contribution >= 4 is 44.9 Å². The molecule has 6 nitrogen and oxygen atoms in total. The Morgan fingerprint density at radius 1 is 1.37 bits per heavy atom. The summed E-state index contributed by atoms with van der Waals surface area (Å²) in [5.41, 5.74) is 3.01. The Kier molecular flexibility index (Phi) is 4.31. The van der Waals surface area contributed by atoms with E-state index in [2.05, 4.69) is 36.6 Å². The van der Waals surface area contributed by atoms with E-state index in [4.69, 9.17) is 17.4 Å². The molecule has 1 aromatic heterocycles. The molecule has 2 aromatic rings. The van der Waals surface area contributed by atoms with Gasteiger partial charge in [-0.25, -0.2) is 10.8 Å². The monoisotopic (exact) mass is 341 g/mol. The van der Waals surface area contributed by atoms with Gasteiger partial charge in [-0.2, -0.15) is 0 Å². The zero-order chi connectivity index (χ0) is 13.8. The van der Waals surface area contributed by atoms with Gasteiger partial charge in [0.1, 0.15) is 5.69 Å². The first kappa shape index (κ1) is 13.7. The molecule has 1 heterocycles. The van der Waals surface area contributed by atoms with Crippen LogP contribution in [-0.4, -0.2) is 15.9 Å². The predicted octanol–water partition coefficient (Wildman–Crippen LogP) is 2.43. The molecule has 0 aliphatic carbocycles. The van der Waals surface area contributed by atoms with E-state index in [1.165, 1.54) is 12.4 Å². The number of benzene rings is 1. The average molecular weight is 343 g/mol. The van der Waals surface area contributed by atoms with Gasteiger partial charge in [0.15, 0.2) is 5.82 Å². The Hall–Kier alpha value is -1.70. The molecule has 1 amide bonds. The second kappa shape index (κ2) is 5.96. The van der Waals surface area contributed by atoms with Gasteiger partial charge in [-0.1, -0.05) is 11.6 Å². The molecule has 0 fully saturated rings. The maximum atomic E-state index is 12.0. The van der Waals surface area contributed by atoms with Crippen molar-refractivity contribution in [2.75, 3.05) is 10.7 Å². The number of carbonyl (C=O) groups is 1. The molecule has 0 saturated carbocycles. The van der Waals surface area contributed by atoms with Gasteiger partial charge in [-0.15, -0.1) is 0 Å². The normalized spacial score (nSPS) is 10.1. The summed E-state index contributed by atoms with van der Waals surface area (Å²) in [6.07, 6.45) is 2.75. The molecular formula is C11H9BrClN5O. The number of rotatable bonds is 3. The van der Waals surface area contributed by atoms with Crippen LogP contribution in [0.25, 0.3) is 0 Å². The molecular weight excluding hydrogens is 334 g/mol. The smallest absolute Gasteiger partial charge is 0.275 e. The van der Waals surface area contributed by atoms with Crippen molar-refractivity contribution < 1.29 is 4.79 Å². The molecule has 98 valence electrons. The summed E-state index contributed by atoms with van der Waals surface area (Å²) in [6, 6.07) is 5.07. The van der Waals surface area contributed by atoms with Gasteiger partial charge in [-0.05, 0) is 34.1 Å². The maximum absolute atomic E-state index is 12.0. The first-order valence-corrected chi connectivity index (χ1v) is 6.32. The lowest BCUT2D eigenvalue weighted by atomic mass is 10.3. The number of anilines is 2. The third-order valence-corrected chi connectivity index (χ3v) is 3.12. The van der Waals surface area contributed by atoms with Crippen molar-refractivity contribution in [1.29, 1.82) is 0 Å². The number of nitrogens with one attached hydrogen (secondary N) is 2. The molecule has 8 heteroatoms. The molecule has 2 rings (SSSR count). The van der Waals surface area contributed by atoms with Crippen molar-refractivity contribution in [2.45, 2.75) is 0 Å². The number of carbonyl (C=O) groups excluding carboxylic acids is 1. The zero-order valence-electron chi connectivity index (χ0n) is 9.52. The third kappa shape index (κ3) is 3.40.